The highest BCUT2D eigenvalue weighted by molar-refractivity contribution is 9.10. The van der Waals surface area contributed by atoms with Crippen LogP contribution in [0.4, 0.5) is 0 Å². The van der Waals surface area contributed by atoms with Crippen LogP contribution in [0, 0.1) is 13.8 Å². The van der Waals surface area contributed by atoms with Gasteiger partial charge in [-0.3, -0.25) is 9.59 Å². The molecule has 0 fully saturated rings. The third-order valence-electron chi connectivity index (χ3n) is 4.68. The van der Waals surface area contributed by atoms with Gasteiger partial charge in [0, 0.05) is 21.0 Å². The number of nitrogens with one attached hydrogen (secondary N) is 1. The lowest BCUT2D eigenvalue weighted by Gasteiger charge is -2.31. The van der Waals surface area contributed by atoms with Crippen LogP contribution in [-0.2, 0) is 16.1 Å². The van der Waals surface area contributed by atoms with Gasteiger partial charge in [-0.1, -0.05) is 44.0 Å². The minimum absolute atomic E-state index is 0.151. The molecule has 0 spiro atoms. The lowest BCUT2D eigenvalue weighted by atomic mass is 10.1. The molecule has 7 heteroatoms. The highest BCUT2D eigenvalue weighted by atomic mass is 79.9. The number of amides is 2. The molecular formula is C24H30Br2N2O3. The largest absolute Gasteiger partial charge is 0.484 e. The summed E-state index contributed by atoms with van der Waals surface area (Å²) in [6.45, 7) is 11.6. The van der Waals surface area contributed by atoms with Gasteiger partial charge < -0.3 is 15.0 Å². The second-order valence-corrected chi connectivity index (χ2v) is 10.4. The minimum Gasteiger partial charge on any atom is -0.484 e. The van der Waals surface area contributed by atoms with E-state index in [1.54, 1.807) is 11.8 Å². The van der Waals surface area contributed by atoms with E-state index in [2.05, 4.69) is 37.2 Å². The summed E-state index contributed by atoms with van der Waals surface area (Å²) >= 11 is 7.00. The summed E-state index contributed by atoms with van der Waals surface area (Å²) in [5.41, 5.74) is 2.60. The topological polar surface area (TPSA) is 58.6 Å². The monoisotopic (exact) mass is 552 g/mol. The van der Waals surface area contributed by atoms with Crippen molar-refractivity contribution in [3.8, 4) is 5.75 Å². The Bertz CT molecular complexity index is 931. The quantitative estimate of drug-likeness (QED) is 0.489. The van der Waals surface area contributed by atoms with E-state index in [0.717, 1.165) is 25.6 Å². The van der Waals surface area contributed by atoms with Crippen molar-refractivity contribution in [1.29, 1.82) is 0 Å². The summed E-state index contributed by atoms with van der Waals surface area (Å²) in [6, 6.07) is 10.8. The molecule has 2 aromatic carbocycles. The van der Waals surface area contributed by atoms with E-state index >= 15 is 0 Å². The number of aryl methyl sites for hydroxylation is 2. The molecule has 0 radical (unpaired) electrons. The van der Waals surface area contributed by atoms with Crippen LogP contribution in [0.5, 0.6) is 5.75 Å². The van der Waals surface area contributed by atoms with Gasteiger partial charge in [0.25, 0.3) is 5.91 Å². The van der Waals surface area contributed by atoms with Gasteiger partial charge in [0.15, 0.2) is 6.61 Å². The summed E-state index contributed by atoms with van der Waals surface area (Å²) < 4.78 is 7.75. The Hall–Kier alpha value is -1.86. The molecule has 0 aromatic heterocycles. The molecule has 0 aliphatic rings. The normalized spacial score (nSPS) is 12.3. The molecule has 0 aliphatic carbocycles. The summed E-state index contributed by atoms with van der Waals surface area (Å²) in [6.07, 6.45) is 0. The van der Waals surface area contributed by atoms with E-state index in [1.807, 2.05) is 71.0 Å². The van der Waals surface area contributed by atoms with Gasteiger partial charge in [-0.2, -0.15) is 0 Å². The van der Waals surface area contributed by atoms with E-state index in [4.69, 9.17) is 4.74 Å². The molecular weight excluding hydrogens is 524 g/mol. The zero-order valence-corrected chi connectivity index (χ0v) is 22.1. The number of hydrogen-bond donors (Lipinski definition) is 1. The van der Waals surface area contributed by atoms with Gasteiger partial charge in [0.2, 0.25) is 5.91 Å². The molecule has 0 heterocycles. The number of ether oxygens (including phenoxy) is 1. The SMILES string of the molecule is Cc1cc(OCC(=O)N(Cc2cccc(Br)c2)C(C)C(=O)NC(C)(C)C)cc(C)c1Br. The molecule has 1 N–H and O–H groups in total. The first-order valence-electron chi connectivity index (χ1n) is 10.1. The predicted octanol–water partition coefficient (Wildman–Crippen LogP) is 5.54. The van der Waals surface area contributed by atoms with Crippen molar-refractivity contribution < 1.29 is 14.3 Å². The van der Waals surface area contributed by atoms with Crippen molar-refractivity contribution >= 4 is 43.7 Å². The minimum atomic E-state index is -0.650. The third kappa shape index (κ3) is 7.65. The maximum absolute atomic E-state index is 13.2. The highest BCUT2D eigenvalue weighted by Gasteiger charge is 2.28. The Labute approximate surface area is 201 Å². The Morgan fingerprint density at radius 3 is 2.26 bits per heavy atom. The highest BCUT2D eigenvalue weighted by Crippen LogP contribution is 2.26. The lowest BCUT2D eigenvalue weighted by molar-refractivity contribution is -0.142. The van der Waals surface area contributed by atoms with Gasteiger partial charge >= 0.3 is 0 Å². The van der Waals surface area contributed by atoms with Crippen molar-refractivity contribution in [1.82, 2.24) is 10.2 Å². The van der Waals surface area contributed by atoms with Crippen LogP contribution in [0.25, 0.3) is 0 Å². The third-order valence-corrected chi connectivity index (χ3v) is 6.42. The van der Waals surface area contributed by atoms with Crippen molar-refractivity contribution in [2.24, 2.45) is 0 Å². The zero-order chi connectivity index (χ0) is 23.3. The van der Waals surface area contributed by atoms with E-state index < -0.39 is 11.6 Å². The Balaban J connectivity index is 2.21. The first kappa shape index (κ1) is 25.4. The van der Waals surface area contributed by atoms with Crippen LogP contribution in [0.3, 0.4) is 0 Å². The van der Waals surface area contributed by atoms with Crippen LogP contribution in [0.2, 0.25) is 0 Å². The zero-order valence-electron chi connectivity index (χ0n) is 18.9. The molecule has 2 aromatic rings. The second kappa shape index (κ2) is 10.6. The Morgan fingerprint density at radius 2 is 1.71 bits per heavy atom. The fourth-order valence-corrected chi connectivity index (χ4v) is 3.78. The number of nitrogens with zero attached hydrogens (tertiary/aromatic N) is 1. The number of hydrogen-bond acceptors (Lipinski definition) is 3. The van der Waals surface area contributed by atoms with Crippen LogP contribution < -0.4 is 10.1 Å². The molecule has 0 saturated carbocycles. The molecule has 0 bridgehead atoms. The first-order valence-corrected chi connectivity index (χ1v) is 11.7. The van der Waals surface area contributed by atoms with Gasteiger partial charge in [0.1, 0.15) is 11.8 Å². The molecule has 0 saturated heterocycles. The van der Waals surface area contributed by atoms with Crippen molar-refractivity contribution in [2.45, 2.75) is 59.7 Å². The molecule has 31 heavy (non-hydrogen) atoms. The Kier molecular flexibility index (Phi) is 8.72. The van der Waals surface area contributed by atoms with Gasteiger partial charge in [-0.05, 0) is 82.5 Å². The van der Waals surface area contributed by atoms with Gasteiger partial charge in [0.05, 0.1) is 0 Å². The maximum Gasteiger partial charge on any atom is 0.261 e. The van der Waals surface area contributed by atoms with E-state index in [1.165, 1.54) is 0 Å². The smallest absolute Gasteiger partial charge is 0.261 e. The molecule has 0 aliphatic heterocycles. The summed E-state index contributed by atoms with van der Waals surface area (Å²) in [7, 11) is 0. The van der Waals surface area contributed by atoms with Gasteiger partial charge in [-0.15, -0.1) is 0 Å². The summed E-state index contributed by atoms with van der Waals surface area (Å²) in [5, 5.41) is 2.96. The first-order chi connectivity index (χ1) is 14.4. The number of carbonyl (C=O) groups excluding carboxylic acids is 2. The van der Waals surface area contributed by atoms with Crippen molar-refractivity contribution in [2.75, 3.05) is 6.61 Å². The number of carbonyl (C=O) groups is 2. The van der Waals surface area contributed by atoms with Crippen LogP contribution in [0.1, 0.15) is 44.4 Å². The summed E-state index contributed by atoms with van der Waals surface area (Å²) in [4.78, 5) is 27.5. The molecule has 168 valence electrons. The number of halogens is 2. The average Bonchev–Trinajstić information content (AvgIpc) is 2.66. The fourth-order valence-electron chi connectivity index (χ4n) is 3.11. The molecule has 2 rings (SSSR count). The fraction of sp³-hybridized carbons (Fsp3) is 0.417. The van der Waals surface area contributed by atoms with Crippen LogP contribution >= 0.6 is 31.9 Å². The van der Waals surface area contributed by atoms with E-state index in [0.29, 0.717) is 12.3 Å². The molecule has 5 nitrogen and oxygen atoms in total. The number of rotatable bonds is 7. The lowest BCUT2D eigenvalue weighted by Crippen LogP contribution is -2.53. The number of benzene rings is 2. The predicted molar refractivity (Wildman–Crippen MR) is 131 cm³/mol. The molecule has 1 unspecified atom stereocenters. The molecule has 1 atom stereocenters. The van der Waals surface area contributed by atoms with Gasteiger partial charge in [-0.25, -0.2) is 0 Å². The van der Waals surface area contributed by atoms with E-state index in [-0.39, 0.29) is 18.4 Å². The molecule has 2 amide bonds. The second-order valence-electron chi connectivity index (χ2n) is 8.73. The van der Waals surface area contributed by atoms with Crippen LogP contribution in [-0.4, -0.2) is 34.9 Å². The average molecular weight is 554 g/mol. The van der Waals surface area contributed by atoms with Crippen LogP contribution in [0.15, 0.2) is 45.3 Å². The van der Waals surface area contributed by atoms with Crippen molar-refractivity contribution in [3.05, 3.63) is 62.0 Å². The Morgan fingerprint density at radius 1 is 1.10 bits per heavy atom. The standard InChI is InChI=1S/C24H30Br2N2O3/c1-15-10-20(11-16(2)22(15)26)31-14-21(29)28(13-18-8-7-9-19(25)12-18)17(3)23(30)27-24(4,5)6/h7-12,17H,13-14H2,1-6H3,(H,27,30). The van der Waals surface area contributed by atoms with Crippen molar-refractivity contribution in [3.63, 3.8) is 0 Å². The van der Waals surface area contributed by atoms with E-state index in [9.17, 15) is 9.59 Å². The maximum atomic E-state index is 13.2. The summed E-state index contributed by atoms with van der Waals surface area (Å²) in [5.74, 6) is 0.168.